The molecule has 2 heteroatoms. The van der Waals surface area contributed by atoms with E-state index in [-0.39, 0.29) is 0 Å². The van der Waals surface area contributed by atoms with Crippen LogP contribution in [0.4, 0.5) is 0 Å². The van der Waals surface area contributed by atoms with Crippen LogP contribution in [0.15, 0.2) is 35.2 Å². The molecule has 0 amide bonds. The second-order valence-corrected chi connectivity index (χ2v) is 5.51. The minimum atomic E-state index is 0.362. The number of nitrogens with two attached hydrogens (primary N) is 1. The van der Waals surface area contributed by atoms with Crippen LogP contribution in [0.5, 0.6) is 0 Å². The average molecular weight is 223 g/mol. The van der Waals surface area contributed by atoms with Gasteiger partial charge in [-0.3, -0.25) is 0 Å². The van der Waals surface area contributed by atoms with Gasteiger partial charge in [0.15, 0.2) is 0 Å². The molecule has 0 aliphatic carbocycles. The van der Waals surface area contributed by atoms with Crippen LogP contribution in [0, 0.1) is 5.92 Å². The molecule has 0 saturated heterocycles. The maximum atomic E-state index is 6.03. The summed E-state index contributed by atoms with van der Waals surface area (Å²) in [7, 11) is 0. The van der Waals surface area contributed by atoms with Gasteiger partial charge in [-0.1, -0.05) is 32.0 Å². The number of thioether (sulfide) groups is 1. The Bertz CT molecular complexity index is 258. The normalized spacial score (nSPS) is 13.1. The highest BCUT2D eigenvalue weighted by atomic mass is 32.2. The second kappa shape index (κ2) is 6.91. The first-order valence-corrected chi connectivity index (χ1v) is 6.60. The second-order valence-electron chi connectivity index (χ2n) is 4.34. The maximum Gasteiger partial charge on any atom is 0.00719 e. The highest BCUT2D eigenvalue weighted by molar-refractivity contribution is 7.99. The number of rotatable bonds is 6. The zero-order valence-corrected chi connectivity index (χ0v) is 10.5. The van der Waals surface area contributed by atoms with Crippen molar-refractivity contribution in [1.29, 1.82) is 0 Å². The van der Waals surface area contributed by atoms with Crippen LogP contribution in [0.3, 0.4) is 0 Å². The van der Waals surface area contributed by atoms with Crippen molar-refractivity contribution in [2.75, 3.05) is 5.75 Å². The lowest BCUT2D eigenvalue weighted by Gasteiger charge is -2.13. The van der Waals surface area contributed by atoms with Crippen LogP contribution in [0.25, 0.3) is 0 Å². The van der Waals surface area contributed by atoms with E-state index in [1.807, 2.05) is 11.8 Å². The maximum absolute atomic E-state index is 6.03. The van der Waals surface area contributed by atoms with Crippen LogP contribution >= 0.6 is 11.8 Å². The molecule has 1 nitrogen and oxygen atoms in total. The molecular formula is C13H21NS. The highest BCUT2D eigenvalue weighted by Crippen LogP contribution is 2.19. The van der Waals surface area contributed by atoms with E-state index in [1.165, 1.54) is 4.90 Å². The van der Waals surface area contributed by atoms with E-state index >= 15 is 0 Å². The van der Waals surface area contributed by atoms with E-state index < -0.39 is 0 Å². The summed E-state index contributed by atoms with van der Waals surface area (Å²) in [6, 6.07) is 10.9. The molecule has 1 unspecified atom stereocenters. The molecule has 0 bridgehead atoms. The molecule has 2 N–H and O–H groups in total. The largest absolute Gasteiger partial charge is 0.328 e. The number of benzene rings is 1. The van der Waals surface area contributed by atoms with Gasteiger partial charge >= 0.3 is 0 Å². The smallest absolute Gasteiger partial charge is 0.00719 e. The Morgan fingerprint density at radius 1 is 1.20 bits per heavy atom. The monoisotopic (exact) mass is 223 g/mol. The Morgan fingerprint density at radius 3 is 2.47 bits per heavy atom. The zero-order valence-electron chi connectivity index (χ0n) is 9.65. The van der Waals surface area contributed by atoms with E-state index in [2.05, 4.69) is 44.2 Å². The molecular weight excluding hydrogens is 202 g/mol. The molecule has 15 heavy (non-hydrogen) atoms. The summed E-state index contributed by atoms with van der Waals surface area (Å²) >= 11 is 1.90. The molecule has 0 heterocycles. The fourth-order valence-electron chi connectivity index (χ4n) is 1.57. The van der Waals surface area contributed by atoms with Crippen LogP contribution < -0.4 is 5.73 Å². The van der Waals surface area contributed by atoms with E-state index in [0.717, 1.165) is 18.6 Å². The Labute approximate surface area is 97.4 Å². The van der Waals surface area contributed by atoms with E-state index in [4.69, 9.17) is 5.73 Å². The first-order valence-electron chi connectivity index (χ1n) is 5.62. The Balaban J connectivity index is 2.16. The first-order chi connectivity index (χ1) is 7.18. The van der Waals surface area contributed by atoms with Crippen LogP contribution in [0.1, 0.15) is 26.7 Å². The van der Waals surface area contributed by atoms with Crippen molar-refractivity contribution in [3.05, 3.63) is 30.3 Å². The lowest BCUT2D eigenvalue weighted by molar-refractivity contribution is 0.488. The summed E-state index contributed by atoms with van der Waals surface area (Å²) in [6.07, 6.45) is 2.24. The van der Waals surface area contributed by atoms with Crippen LogP contribution in [-0.4, -0.2) is 11.8 Å². The summed E-state index contributed by atoms with van der Waals surface area (Å²) in [5.41, 5.74) is 6.03. The third kappa shape index (κ3) is 5.85. The minimum Gasteiger partial charge on any atom is -0.328 e. The molecule has 1 aromatic carbocycles. The summed E-state index contributed by atoms with van der Waals surface area (Å²) in [4.78, 5) is 1.34. The van der Waals surface area contributed by atoms with Gasteiger partial charge in [0.1, 0.15) is 0 Å². The van der Waals surface area contributed by atoms with Crippen molar-refractivity contribution in [2.45, 2.75) is 37.6 Å². The van der Waals surface area contributed by atoms with Crippen molar-refractivity contribution >= 4 is 11.8 Å². The van der Waals surface area contributed by atoms with Gasteiger partial charge in [0, 0.05) is 10.9 Å². The fourth-order valence-corrected chi connectivity index (χ4v) is 2.57. The van der Waals surface area contributed by atoms with Crippen molar-refractivity contribution < 1.29 is 0 Å². The van der Waals surface area contributed by atoms with Crippen molar-refractivity contribution in [2.24, 2.45) is 11.7 Å². The molecule has 0 radical (unpaired) electrons. The Hall–Kier alpha value is -0.470. The average Bonchev–Trinajstić information content (AvgIpc) is 2.18. The minimum absolute atomic E-state index is 0.362. The van der Waals surface area contributed by atoms with Crippen LogP contribution in [-0.2, 0) is 0 Å². The fraction of sp³-hybridized carbons (Fsp3) is 0.538. The summed E-state index contributed by atoms with van der Waals surface area (Å²) in [5, 5.41) is 0. The third-order valence-corrected chi connectivity index (χ3v) is 3.32. The van der Waals surface area contributed by atoms with Gasteiger partial charge in [-0.15, -0.1) is 11.8 Å². The third-order valence-electron chi connectivity index (χ3n) is 2.27. The van der Waals surface area contributed by atoms with Gasteiger partial charge in [-0.05, 0) is 36.6 Å². The van der Waals surface area contributed by atoms with Crippen molar-refractivity contribution in [3.63, 3.8) is 0 Å². The lowest BCUT2D eigenvalue weighted by Crippen LogP contribution is -2.22. The van der Waals surface area contributed by atoms with Crippen LogP contribution in [0.2, 0.25) is 0 Å². The molecule has 0 aliphatic heterocycles. The van der Waals surface area contributed by atoms with Gasteiger partial charge in [0.25, 0.3) is 0 Å². The molecule has 1 rings (SSSR count). The van der Waals surface area contributed by atoms with E-state index in [0.29, 0.717) is 12.0 Å². The number of hydrogen-bond donors (Lipinski definition) is 1. The topological polar surface area (TPSA) is 26.0 Å². The Kier molecular flexibility index (Phi) is 5.81. The van der Waals surface area contributed by atoms with E-state index in [1.54, 1.807) is 0 Å². The standard InChI is InChI=1S/C13H21NS/c1-11(2)10-12(14)8-9-15-13-6-4-3-5-7-13/h3-7,11-12H,8-10,14H2,1-2H3. The summed E-state index contributed by atoms with van der Waals surface area (Å²) in [6.45, 7) is 4.45. The Morgan fingerprint density at radius 2 is 1.87 bits per heavy atom. The SMILES string of the molecule is CC(C)CC(N)CCSc1ccccc1. The van der Waals surface area contributed by atoms with Gasteiger partial charge in [0.2, 0.25) is 0 Å². The molecule has 1 aromatic rings. The van der Waals surface area contributed by atoms with Crippen molar-refractivity contribution in [1.82, 2.24) is 0 Å². The number of hydrogen-bond acceptors (Lipinski definition) is 2. The quantitative estimate of drug-likeness (QED) is 0.746. The van der Waals surface area contributed by atoms with Gasteiger partial charge < -0.3 is 5.73 Å². The first kappa shape index (κ1) is 12.6. The molecule has 0 aromatic heterocycles. The molecule has 0 saturated carbocycles. The van der Waals surface area contributed by atoms with Gasteiger partial charge in [-0.25, -0.2) is 0 Å². The zero-order chi connectivity index (χ0) is 11.1. The molecule has 0 fully saturated rings. The predicted molar refractivity (Wildman–Crippen MR) is 69.2 cm³/mol. The molecule has 1 atom stereocenters. The van der Waals surface area contributed by atoms with Gasteiger partial charge in [0.05, 0.1) is 0 Å². The van der Waals surface area contributed by atoms with Crippen molar-refractivity contribution in [3.8, 4) is 0 Å². The molecule has 84 valence electrons. The van der Waals surface area contributed by atoms with Gasteiger partial charge in [-0.2, -0.15) is 0 Å². The highest BCUT2D eigenvalue weighted by Gasteiger charge is 2.05. The molecule has 0 aliphatic rings. The van der Waals surface area contributed by atoms with E-state index in [9.17, 15) is 0 Å². The summed E-state index contributed by atoms with van der Waals surface area (Å²) < 4.78 is 0. The summed E-state index contributed by atoms with van der Waals surface area (Å²) in [5.74, 6) is 1.83. The predicted octanol–water partition coefficient (Wildman–Crippen LogP) is 3.54. The molecule has 0 spiro atoms. The lowest BCUT2D eigenvalue weighted by atomic mass is 10.0.